The van der Waals surface area contributed by atoms with Crippen molar-refractivity contribution in [2.24, 2.45) is 5.92 Å². The second-order valence-electron chi connectivity index (χ2n) is 3.02. The fourth-order valence-corrected chi connectivity index (χ4v) is 2.01. The molecule has 1 atom stereocenters. The van der Waals surface area contributed by atoms with Gasteiger partial charge in [-0.25, -0.2) is 0 Å². The van der Waals surface area contributed by atoms with Crippen LogP contribution in [0.15, 0.2) is 0 Å². The fourth-order valence-electron chi connectivity index (χ4n) is 0.981. The SMILES string of the molecule is COC(=O)C(C)SCC1CNC1. The minimum Gasteiger partial charge on any atom is -0.468 e. The van der Waals surface area contributed by atoms with Crippen LogP contribution in [0.5, 0.6) is 0 Å². The first-order valence-corrected chi connectivity index (χ1v) is 5.19. The van der Waals surface area contributed by atoms with E-state index in [0.717, 1.165) is 24.8 Å². The lowest BCUT2D eigenvalue weighted by molar-refractivity contribution is -0.139. The Labute approximate surface area is 77.2 Å². The highest BCUT2D eigenvalue weighted by atomic mass is 32.2. The summed E-state index contributed by atoms with van der Waals surface area (Å²) in [5.74, 6) is 1.69. The van der Waals surface area contributed by atoms with Gasteiger partial charge in [-0.05, 0) is 31.7 Å². The van der Waals surface area contributed by atoms with Crippen molar-refractivity contribution in [1.82, 2.24) is 5.32 Å². The molecule has 1 aliphatic rings. The van der Waals surface area contributed by atoms with Gasteiger partial charge in [0.2, 0.25) is 0 Å². The van der Waals surface area contributed by atoms with Gasteiger partial charge in [0, 0.05) is 0 Å². The van der Waals surface area contributed by atoms with Crippen molar-refractivity contribution in [2.45, 2.75) is 12.2 Å². The molecule has 12 heavy (non-hydrogen) atoms. The van der Waals surface area contributed by atoms with Gasteiger partial charge < -0.3 is 10.1 Å². The Hall–Kier alpha value is -0.220. The van der Waals surface area contributed by atoms with Crippen LogP contribution in [0.3, 0.4) is 0 Å². The number of carbonyl (C=O) groups excluding carboxylic acids is 1. The zero-order valence-corrected chi connectivity index (χ0v) is 8.32. The van der Waals surface area contributed by atoms with Gasteiger partial charge in [0.05, 0.1) is 12.4 Å². The number of hydrogen-bond donors (Lipinski definition) is 1. The topological polar surface area (TPSA) is 38.3 Å². The van der Waals surface area contributed by atoms with E-state index in [0.29, 0.717) is 0 Å². The quantitative estimate of drug-likeness (QED) is 0.654. The van der Waals surface area contributed by atoms with Gasteiger partial charge in [0.25, 0.3) is 0 Å². The number of thioether (sulfide) groups is 1. The second kappa shape index (κ2) is 4.72. The molecule has 0 spiro atoms. The summed E-state index contributed by atoms with van der Waals surface area (Å²) in [6.07, 6.45) is 0. The smallest absolute Gasteiger partial charge is 0.318 e. The lowest BCUT2D eigenvalue weighted by Gasteiger charge is -2.27. The number of nitrogens with one attached hydrogen (secondary N) is 1. The molecule has 1 heterocycles. The molecule has 1 saturated heterocycles. The summed E-state index contributed by atoms with van der Waals surface area (Å²) in [6.45, 7) is 4.09. The maximum Gasteiger partial charge on any atom is 0.318 e. The molecule has 0 saturated carbocycles. The van der Waals surface area contributed by atoms with E-state index < -0.39 is 0 Å². The Morgan fingerprint density at radius 1 is 1.75 bits per heavy atom. The van der Waals surface area contributed by atoms with Crippen molar-refractivity contribution in [3.05, 3.63) is 0 Å². The van der Waals surface area contributed by atoms with Crippen LogP contribution in [0.25, 0.3) is 0 Å². The predicted octanol–water partition coefficient (Wildman–Crippen LogP) is 0.500. The zero-order valence-electron chi connectivity index (χ0n) is 7.50. The normalized spacial score (nSPS) is 19.8. The van der Waals surface area contributed by atoms with Gasteiger partial charge in [-0.3, -0.25) is 4.79 Å². The van der Waals surface area contributed by atoms with Crippen LogP contribution in [0.2, 0.25) is 0 Å². The van der Waals surface area contributed by atoms with E-state index in [2.05, 4.69) is 10.1 Å². The monoisotopic (exact) mass is 189 g/mol. The molecule has 3 nitrogen and oxygen atoms in total. The van der Waals surface area contributed by atoms with Crippen LogP contribution in [0.4, 0.5) is 0 Å². The van der Waals surface area contributed by atoms with Crippen LogP contribution < -0.4 is 5.32 Å². The van der Waals surface area contributed by atoms with Crippen molar-refractivity contribution in [3.8, 4) is 0 Å². The van der Waals surface area contributed by atoms with E-state index in [-0.39, 0.29) is 11.2 Å². The maximum absolute atomic E-state index is 11.0. The molecule has 0 aromatic heterocycles. The van der Waals surface area contributed by atoms with Crippen LogP contribution >= 0.6 is 11.8 Å². The van der Waals surface area contributed by atoms with Gasteiger partial charge >= 0.3 is 5.97 Å². The third-order valence-corrected chi connectivity index (χ3v) is 3.34. The fraction of sp³-hybridized carbons (Fsp3) is 0.875. The van der Waals surface area contributed by atoms with E-state index >= 15 is 0 Å². The number of ether oxygens (including phenoxy) is 1. The minimum absolute atomic E-state index is 0.0180. The average molecular weight is 189 g/mol. The van der Waals surface area contributed by atoms with Gasteiger partial charge in [-0.1, -0.05) is 0 Å². The molecule has 1 fully saturated rings. The summed E-state index contributed by atoms with van der Waals surface area (Å²) in [5.41, 5.74) is 0. The van der Waals surface area contributed by atoms with Crippen molar-refractivity contribution < 1.29 is 9.53 Å². The van der Waals surface area contributed by atoms with Crippen LogP contribution in [0, 0.1) is 5.92 Å². The average Bonchev–Trinajstić information content (AvgIpc) is 2.00. The van der Waals surface area contributed by atoms with Crippen LogP contribution in [-0.2, 0) is 9.53 Å². The van der Waals surface area contributed by atoms with Crippen LogP contribution in [-0.4, -0.2) is 37.2 Å². The Morgan fingerprint density at radius 3 is 2.83 bits per heavy atom. The molecule has 4 heteroatoms. The van der Waals surface area contributed by atoms with E-state index in [1.165, 1.54) is 7.11 Å². The summed E-state index contributed by atoms with van der Waals surface area (Å²) in [6, 6.07) is 0. The molecule has 0 aliphatic carbocycles. The van der Waals surface area contributed by atoms with Crippen molar-refractivity contribution in [3.63, 3.8) is 0 Å². The number of carbonyl (C=O) groups is 1. The number of rotatable bonds is 4. The molecular formula is C8H15NO2S. The zero-order chi connectivity index (χ0) is 8.97. The number of esters is 1. The minimum atomic E-state index is -0.118. The molecule has 0 bridgehead atoms. The molecular weight excluding hydrogens is 174 g/mol. The highest BCUT2D eigenvalue weighted by molar-refractivity contribution is 8.00. The number of hydrogen-bond acceptors (Lipinski definition) is 4. The van der Waals surface area contributed by atoms with E-state index in [1.807, 2.05) is 6.92 Å². The van der Waals surface area contributed by atoms with Crippen LogP contribution in [0.1, 0.15) is 6.92 Å². The molecule has 0 radical (unpaired) electrons. The molecule has 0 aromatic rings. The lowest BCUT2D eigenvalue weighted by atomic mass is 10.1. The molecule has 1 aliphatic heterocycles. The molecule has 70 valence electrons. The Morgan fingerprint density at radius 2 is 2.42 bits per heavy atom. The van der Waals surface area contributed by atoms with Gasteiger partial charge in [0.1, 0.15) is 0 Å². The lowest BCUT2D eigenvalue weighted by Crippen LogP contribution is -2.43. The molecule has 1 unspecified atom stereocenters. The summed E-state index contributed by atoms with van der Waals surface area (Å²) < 4.78 is 4.62. The van der Waals surface area contributed by atoms with Crippen molar-refractivity contribution >= 4 is 17.7 Å². The summed E-state index contributed by atoms with van der Waals surface area (Å²) >= 11 is 1.68. The van der Waals surface area contributed by atoms with Crippen molar-refractivity contribution in [1.29, 1.82) is 0 Å². The Kier molecular flexibility index (Phi) is 3.88. The van der Waals surface area contributed by atoms with Crippen molar-refractivity contribution in [2.75, 3.05) is 26.0 Å². The first-order valence-electron chi connectivity index (χ1n) is 4.14. The highest BCUT2D eigenvalue weighted by Gasteiger charge is 2.20. The van der Waals surface area contributed by atoms with E-state index in [4.69, 9.17) is 0 Å². The van der Waals surface area contributed by atoms with E-state index in [1.54, 1.807) is 11.8 Å². The standard InChI is InChI=1S/C8H15NO2S/c1-6(8(10)11-2)12-5-7-3-9-4-7/h6-7,9H,3-5H2,1-2H3. The first-order chi connectivity index (χ1) is 5.74. The number of methoxy groups -OCH3 is 1. The van der Waals surface area contributed by atoms with E-state index in [9.17, 15) is 4.79 Å². The third kappa shape index (κ3) is 2.68. The molecule has 1 N–H and O–H groups in total. The Balaban J connectivity index is 2.08. The largest absolute Gasteiger partial charge is 0.468 e. The predicted molar refractivity (Wildman–Crippen MR) is 50.3 cm³/mol. The summed E-state index contributed by atoms with van der Waals surface area (Å²) in [4.78, 5) is 11.0. The van der Waals surface area contributed by atoms with Gasteiger partial charge in [-0.2, -0.15) is 0 Å². The Bertz CT molecular complexity index is 159. The molecule has 0 amide bonds. The van der Waals surface area contributed by atoms with Gasteiger partial charge in [0.15, 0.2) is 0 Å². The summed E-state index contributed by atoms with van der Waals surface area (Å²) in [7, 11) is 1.43. The van der Waals surface area contributed by atoms with Gasteiger partial charge in [-0.15, -0.1) is 11.8 Å². The highest BCUT2D eigenvalue weighted by Crippen LogP contribution is 2.17. The molecule has 1 rings (SSSR count). The summed E-state index contributed by atoms with van der Waals surface area (Å²) in [5, 5.41) is 3.18. The molecule has 0 aromatic carbocycles. The maximum atomic E-state index is 11.0. The second-order valence-corrected chi connectivity index (χ2v) is 4.40. The first kappa shape index (κ1) is 9.86. The third-order valence-electron chi connectivity index (χ3n) is 1.98.